The Kier molecular flexibility index (Phi) is 4.02. The molecule has 2 rings (SSSR count). The molecule has 0 aliphatic carbocycles. The van der Waals surface area contributed by atoms with Gasteiger partial charge in [0.05, 0.1) is 0 Å². The lowest BCUT2D eigenvalue weighted by Crippen LogP contribution is -2.31. The summed E-state index contributed by atoms with van der Waals surface area (Å²) in [5.41, 5.74) is 4.47. The Hall–Kier alpha value is -2.37. The quantitative estimate of drug-likeness (QED) is 0.766. The number of aryl methyl sites for hydroxylation is 1. The van der Waals surface area contributed by atoms with Gasteiger partial charge < -0.3 is 5.32 Å². The fourth-order valence-corrected chi connectivity index (χ4v) is 2.10. The van der Waals surface area contributed by atoms with Gasteiger partial charge in [-0.1, -0.05) is 29.8 Å². The molecule has 1 atom stereocenters. The number of hydrogen-bond acceptors (Lipinski definition) is 3. The molecule has 0 saturated carbocycles. The van der Waals surface area contributed by atoms with Crippen LogP contribution in [-0.2, 0) is 20.9 Å². The summed E-state index contributed by atoms with van der Waals surface area (Å²) >= 11 is 0. The maximum atomic E-state index is 11.8. The highest BCUT2D eigenvalue weighted by atomic mass is 16.2. The van der Waals surface area contributed by atoms with Crippen molar-refractivity contribution >= 4 is 17.7 Å². The average Bonchev–Trinajstić information content (AvgIpc) is 2.63. The molecule has 20 heavy (non-hydrogen) atoms. The highest BCUT2D eigenvalue weighted by Crippen LogP contribution is 2.13. The Labute approximate surface area is 117 Å². The average molecular weight is 275 g/mol. The Bertz CT molecular complexity index is 556. The van der Waals surface area contributed by atoms with Gasteiger partial charge in [-0.2, -0.15) is 0 Å². The van der Waals surface area contributed by atoms with E-state index in [9.17, 15) is 14.4 Å². The number of hydrazine groups is 1. The van der Waals surface area contributed by atoms with Gasteiger partial charge in [0.25, 0.3) is 11.8 Å². The molecule has 0 bridgehead atoms. The molecule has 1 heterocycles. The molecule has 2 N–H and O–H groups in total. The van der Waals surface area contributed by atoms with Gasteiger partial charge in [-0.25, -0.2) is 0 Å². The number of benzene rings is 1. The third kappa shape index (κ3) is 3.14. The second-order valence-corrected chi connectivity index (χ2v) is 4.90. The molecule has 6 nitrogen and oxygen atoms in total. The van der Waals surface area contributed by atoms with Crippen molar-refractivity contribution in [1.29, 1.82) is 0 Å². The normalized spacial score (nSPS) is 18.1. The van der Waals surface area contributed by atoms with Crippen LogP contribution in [0.4, 0.5) is 0 Å². The van der Waals surface area contributed by atoms with Gasteiger partial charge in [0.1, 0.15) is 5.92 Å². The summed E-state index contributed by atoms with van der Waals surface area (Å²) in [7, 11) is 1.46. The van der Waals surface area contributed by atoms with E-state index in [0.717, 1.165) is 16.1 Å². The van der Waals surface area contributed by atoms with Crippen molar-refractivity contribution in [2.45, 2.75) is 19.9 Å². The van der Waals surface area contributed by atoms with Crippen LogP contribution < -0.4 is 10.7 Å². The number of hydrogen-bond donors (Lipinski definition) is 2. The molecule has 1 aromatic rings. The van der Waals surface area contributed by atoms with E-state index >= 15 is 0 Å². The number of nitrogens with zero attached hydrogens (tertiary/aromatic N) is 1. The standard InChI is InChI=1S/C14H17N3O3/c1-9-4-3-5-10(6-9)8-15-12(18)7-11-13(19)16-17(2)14(11)20/h3-6,11H,7-8H2,1-2H3,(H,15,18)(H,16,19). The van der Waals surface area contributed by atoms with E-state index < -0.39 is 11.8 Å². The number of carbonyl (C=O) groups excluding carboxylic acids is 3. The van der Waals surface area contributed by atoms with Crippen LogP contribution in [0.25, 0.3) is 0 Å². The topological polar surface area (TPSA) is 78.5 Å². The van der Waals surface area contributed by atoms with Crippen molar-refractivity contribution in [3.05, 3.63) is 35.4 Å². The summed E-state index contributed by atoms with van der Waals surface area (Å²) in [6.45, 7) is 2.36. The Morgan fingerprint density at radius 2 is 2.15 bits per heavy atom. The summed E-state index contributed by atoms with van der Waals surface area (Å²) in [5, 5.41) is 3.83. The summed E-state index contributed by atoms with van der Waals surface area (Å²) in [6, 6.07) is 7.78. The predicted molar refractivity (Wildman–Crippen MR) is 72.0 cm³/mol. The molecule has 1 aliphatic rings. The maximum absolute atomic E-state index is 11.8. The van der Waals surface area contributed by atoms with Crippen molar-refractivity contribution in [3.8, 4) is 0 Å². The number of carbonyl (C=O) groups is 3. The van der Waals surface area contributed by atoms with Gasteiger partial charge in [0, 0.05) is 20.0 Å². The lowest BCUT2D eigenvalue weighted by Gasteiger charge is -2.08. The first kappa shape index (κ1) is 14.0. The third-order valence-electron chi connectivity index (χ3n) is 3.18. The van der Waals surface area contributed by atoms with E-state index in [1.54, 1.807) is 0 Å². The summed E-state index contributed by atoms with van der Waals surface area (Å²) in [6.07, 6.45) is -0.124. The number of nitrogens with one attached hydrogen (secondary N) is 2. The van der Waals surface area contributed by atoms with Gasteiger partial charge in [-0.05, 0) is 12.5 Å². The Morgan fingerprint density at radius 1 is 1.40 bits per heavy atom. The van der Waals surface area contributed by atoms with Crippen molar-refractivity contribution in [3.63, 3.8) is 0 Å². The first-order chi connectivity index (χ1) is 9.47. The van der Waals surface area contributed by atoms with Gasteiger partial charge >= 0.3 is 0 Å². The lowest BCUT2D eigenvalue weighted by molar-refractivity contribution is -0.135. The lowest BCUT2D eigenvalue weighted by atomic mass is 10.0. The van der Waals surface area contributed by atoms with Crippen LogP contribution in [0.5, 0.6) is 0 Å². The SMILES string of the molecule is Cc1cccc(CNC(=O)CC2C(=O)NN(C)C2=O)c1. The van der Waals surface area contributed by atoms with Crippen LogP contribution in [0.1, 0.15) is 17.5 Å². The Morgan fingerprint density at radius 3 is 2.75 bits per heavy atom. The highest BCUT2D eigenvalue weighted by Gasteiger charge is 2.38. The first-order valence-corrected chi connectivity index (χ1v) is 6.37. The van der Waals surface area contributed by atoms with Crippen LogP contribution in [0.15, 0.2) is 24.3 Å². The van der Waals surface area contributed by atoms with Crippen molar-refractivity contribution in [2.24, 2.45) is 5.92 Å². The molecule has 1 saturated heterocycles. The maximum Gasteiger partial charge on any atom is 0.253 e. The molecule has 1 aliphatic heterocycles. The van der Waals surface area contributed by atoms with E-state index in [1.807, 2.05) is 31.2 Å². The molecule has 106 valence electrons. The van der Waals surface area contributed by atoms with Gasteiger partial charge in [-0.15, -0.1) is 0 Å². The van der Waals surface area contributed by atoms with Gasteiger partial charge in [-0.3, -0.25) is 24.8 Å². The van der Waals surface area contributed by atoms with E-state index in [2.05, 4.69) is 10.7 Å². The van der Waals surface area contributed by atoms with Crippen molar-refractivity contribution in [2.75, 3.05) is 7.05 Å². The molecule has 0 aromatic heterocycles. The van der Waals surface area contributed by atoms with Crippen molar-refractivity contribution in [1.82, 2.24) is 15.8 Å². The zero-order chi connectivity index (χ0) is 14.7. The molecular formula is C14H17N3O3. The minimum absolute atomic E-state index is 0.124. The molecule has 0 spiro atoms. The molecule has 1 fully saturated rings. The fraction of sp³-hybridized carbons (Fsp3) is 0.357. The van der Waals surface area contributed by atoms with Crippen LogP contribution in [0.3, 0.4) is 0 Å². The Balaban J connectivity index is 1.87. The van der Waals surface area contributed by atoms with Crippen molar-refractivity contribution < 1.29 is 14.4 Å². The van der Waals surface area contributed by atoms with E-state index in [0.29, 0.717) is 6.54 Å². The molecule has 6 heteroatoms. The summed E-state index contributed by atoms with van der Waals surface area (Å²) in [4.78, 5) is 34.9. The predicted octanol–water partition coefficient (Wildman–Crippen LogP) is 0.121. The van der Waals surface area contributed by atoms with Crippen LogP contribution in [-0.4, -0.2) is 29.8 Å². The van der Waals surface area contributed by atoms with Crippen LogP contribution in [0.2, 0.25) is 0 Å². The zero-order valence-electron chi connectivity index (χ0n) is 11.5. The summed E-state index contributed by atoms with van der Waals surface area (Å²) in [5.74, 6) is -2.03. The number of rotatable bonds is 4. The van der Waals surface area contributed by atoms with E-state index in [4.69, 9.17) is 0 Å². The molecule has 1 aromatic carbocycles. The zero-order valence-corrected chi connectivity index (χ0v) is 11.5. The molecule has 3 amide bonds. The van der Waals surface area contributed by atoms with E-state index in [-0.39, 0.29) is 18.2 Å². The van der Waals surface area contributed by atoms with Crippen LogP contribution >= 0.6 is 0 Å². The highest BCUT2D eigenvalue weighted by molar-refractivity contribution is 6.07. The van der Waals surface area contributed by atoms with E-state index in [1.165, 1.54) is 7.05 Å². The second-order valence-electron chi connectivity index (χ2n) is 4.90. The van der Waals surface area contributed by atoms with Crippen LogP contribution in [0, 0.1) is 12.8 Å². The minimum atomic E-state index is -0.919. The van der Waals surface area contributed by atoms with Gasteiger partial charge in [0.15, 0.2) is 0 Å². The minimum Gasteiger partial charge on any atom is -0.352 e. The fourth-order valence-electron chi connectivity index (χ4n) is 2.10. The smallest absolute Gasteiger partial charge is 0.253 e. The summed E-state index contributed by atoms with van der Waals surface area (Å²) < 4.78 is 0. The molecule has 1 unspecified atom stereocenters. The second kappa shape index (κ2) is 5.73. The third-order valence-corrected chi connectivity index (χ3v) is 3.18. The largest absolute Gasteiger partial charge is 0.352 e. The monoisotopic (exact) mass is 275 g/mol. The molecule has 0 radical (unpaired) electrons. The van der Waals surface area contributed by atoms with Gasteiger partial charge in [0.2, 0.25) is 5.91 Å². The first-order valence-electron chi connectivity index (χ1n) is 6.37. The number of amides is 3. The molecular weight excluding hydrogens is 258 g/mol.